The van der Waals surface area contributed by atoms with Crippen molar-refractivity contribution in [1.29, 1.82) is 0 Å². The Labute approximate surface area is 164 Å². The van der Waals surface area contributed by atoms with Crippen LogP contribution in [0.15, 0.2) is 47.6 Å². The van der Waals surface area contributed by atoms with Gasteiger partial charge in [-0.25, -0.2) is 0 Å². The van der Waals surface area contributed by atoms with E-state index in [-0.39, 0.29) is 17.9 Å². The molecule has 28 heavy (non-hydrogen) atoms. The molecule has 0 bridgehead atoms. The van der Waals surface area contributed by atoms with Crippen LogP contribution in [0.4, 0.5) is 11.4 Å². The number of aryl methyl sites for hydroxylation is 1. The van der Waals surface area contributed by atoms with E-state index in [2.05, 4.69) is 21.8 Å². The lowest BCUT2D eigenvalue weighted by Gasteiger charge is -2.20. The number of carbonyl (C=O) groups excluding carboxylic acids is 2. The number of carbonyl (C=O) groups is 2. The first-order valence-corrected chi connectivity index (χ1v) is 9.65. The van der Waals surface area contributed by atoms with Crippen molar-refractivity contribution in [3.05, 3.63) is 59.2 Å². The van der Waals surface area contributed by atoms with Crippen LogP contribution in [0.2, 0.25) is 0 Å². The van der Waals surface area contributed by atoms with Gasteiger partial charge in [-0.05, 0) is 61.7 Å². The molecule has 2 N–H and O–H groups in total. The summed E-state index contributed by atoms with van der Waals surface area (Å²) >= 11 is 0. The number of hydrazone groups is 1. The zero-order chi connectivity index (χ0) is 19.7. The Hall–Kier alpha value is -3.15. The Morgan fingerprint density at radius 2 is 1.93 bits per heavy atom. The molecule has 0 saturated heterocycles. The van der Waals surface area contributed by atoms with Gasteiger partial charge in [0.25, 0.3) is 5.91 Å². The number of nitrogens with one attached hydrogen (secondary N) is 2. The molecule has 0 fully saturated rings. The van der Waals surface area contributed by atoms with E-state index in [1.807, 2.05) is 55.3 Å². The van der Waals surface area contributed by atoms with E-state index in [0.29, 0.717) is 12.0 Å². The fraction of sp³-hybridized carbons (Fsp3) is 0.318. The van der Waals surface area contributed by atoms with Crippen LogP contribution in [0.1, 0.15) is 54.2 Å². The highest BCUT2D eigenvalue weighted by atomic mass is 16.2. The summed E-state index contributed by atoms with van der Waals surface area (Å²) in [5.41, 5.74) is 5.76. The number of fused-ring (bicyclic) bond motifs is 1. The highest BCUT2D eigenvalue weighted by Gasteiger charge is 2.18. The predicted molar refractivity (Wildman–Crippen MR) is 111 cm³/mol. The largest absolute Gasteiger partial charge is 0.346 e. The van der Waals surface area contributed by atoms with Crippen LogP contribution in [0, 0.1) is 0 Å². The third kappa shape index (κ3) is 3.76. The van der Waals surface area contributed by atoms with Crippen LogP contribution in [0.25, 0.3) is 0 Å². The van der Waals surface area contributed by atoms with Crippen LogP contribution in [-0.2, 0) is 11.2 Å². The minimum atomic E-state index is -0.124. The Kier molecular flexibility index (Phi) is 4.86. The first kappa shape index (κ1) is 18.2. The van der Waals surface area contributed by atoms with E-state index < -0.39 is 0 Å². The molecule has 2 aliphatic heterocycles. The van der Waals surface area contributed by atoms with Gasteiger partial charge in [-0.1, -0.05) is 12.1 Å². The first-order valence-electron chi connectivity index (χ1n) is 9.65. The third-order valence-corrected chi connectivity index (χ3v) is 5.28. The van der Waals surface area contributed by atoms with Crippen molar-refractivity contribution in [2.75, 3.05) is 16.9 Å². The van der Waals surface area contributed by atoms with E-state index in [1.165, 1.54) is 0 Å². The van der Waals surface area contributed by atoms with Crippen molar-refractivity contribution < 1.29 is 9.59 Å². The zero-order valence-corrected chi connectivity index (χ0v) is 16.2. The van der Waals surface area contributed by atoms with Crippen molar-refractivity contribution in [3.63, 3.8) is 0 Å². The molecule has 0 aliphatic carbocycles. The van der Waals surface area contributed by atoms with Gasteiger partial charge in [0.05, 0.1) is 11.7 Å². The fourth-order valence-corrected chi connectivity index (χ4v) is 3.58. The van der Waals surface area contributed by atoms with Crippen molar-refractivity contribution in [3.8, 4) is 0 Å². The van der Waals surface area contributed by atoms with Crippen LogP contribution in [0.5, 0.6) is 0 Å². The number of hydrogen-bond donors (Lipinski definition) is 2. The maximum absolute atomic E-state index is 12.6. The van der Waals surface area contributed by atoms with E-state index in [0.717, 1.165) is 47.6 Å². The lowest BCUT2D eigenvalue weighted by molar-refractivity contribution is -0.116. The van der Waals surface area contributed by atoms with Crippen molar-refractivity contribution in [1.82, 2.24) is 5.32 Å². The van der Waals surface area contributed by atoms with E-state index in [9.17, 15) is 9.59 Å². The van der Waals surface area contributed by atoms with E-state index in [1.54, 1.807) is 0 Å². The predicted octanol–water partition coefficient (Wildman–Crippen LogP) is 3.65. The van der Waals surface area contributed by atoms with Crippen LogP contribution < -0.4 is 15.6 Å². The van der Waals surface area contributed by atoms with Gasteiger partial charge in [-0.3, -0.25) is 14.6 Å². The smallest absolute Gasteiger partial charge is 0.251 e. The number of nitrogens with zero attached hydrogens (tertiary/aromatic N) is 2. The molecule has 0 saturated carbocycles. The molecule has 1 atom stereocenters. The third-order valence-electron chi connectivity index (χ3n) is 5.28. The molecule has 2 aromatic rings. The quantitative estimate of drug-likeness (QED) is 0.855. The SMILES string of the molecule is CC1=NN(c2ccc(C(=O)N[C@H](C)c3ccc4c(c3)CCC(=O)N4)cc2)CC1. The standard InChI is InChI=1S/C22H24N4O2/c1-14-11-12-26(25-14)19-7-3-16(4-8-19)22(28)23-15(2)17-5-9-20-18(13-17)6-10-21(27)24-20/h3-5,7-9,13,15H,6,10-12H2,1-2H3,(H,23,28)(H,24,27)/t15-/m1/s1. The normalized spacial score (nSPS) is 16.9. The second kappa shape index (κ2) is 7.46. The van der Waals surface area contributed by atoms with Crippen LogP contribution >= 0.6 is 0 Å². The van der Waals surface area contributed by atoms with Crippen LogP contribution in [0.3, 0.4) is 0 Å². The van der Waals surface area contributed by atoms with E-state index in [4.69, 9.17) is 0 Å². The van der Waals surface area contributed by atoms with E-state index >= 15 is 0 Å². The molecule has 0 unspecified atom stereocenters. The Bertz CT molecular complexity index is 950. The number of rotatable bonds is 4. The molecular weight excluding hydrogens is 352 g/mol. The average Bonchev–Trinajstić information content (AvgIpc) is 3.14. The summed E-state index contributed by atoms with van der Waals surface area (Å²) in [6.45, 7) is 4.88. The molecule has 0 spiro atoms. The summed E-state index contributed by atoms with van der Waals surface area (Å²) in [6.07, 6.45) is 2.21. The maximum Gasteiger partial charge on any atom is 0.251 e. The monoisotopic (exact) mass is 376 g/mol. The van der Waals surface area contributed by atoms with Gasteiger partial charge in [0, 0.05) is 36.3 Å². The molecule has 144 valence electrons. The molecule has 6 nitrogen and oxygen atoms in total. The van der Waals surface area contributed by atoms with Gasteiger partial charge in [0.1, 0.15) is 0 Å². The average molecular weight is 376 g/mol. The molecule has 2 amide bonds. The summed E-state index contributed by atoms with van der Waals surface area (Å²) < 4.78 is 0. The molecule has 4 rings (SSSR count). The molecule has 2 aromatic carbocycles. The Morgan fingerprint density at radius 1 is 1.14 bits per heavy atom. The van der Waals surface area contributed by atoms with Gasteiger partial charge < -0.3 is 10.6 Å². The summed E-state index contributed by atoms with van der Waals surface area (Å²) in [6, 6.07) is 13.3. The Balaban J connectivity index is 1.42. The van der Waals surface area contributed by atoms with Gasteiger partial charge in [0.2, 0.25) is 5.91 Å². The van der Waals surface area contributed by atoms with Crippen LogP contribution in [-0.4, -0.2) is 24.1 Å². The summed E-state index contributed by atoms with van der Waals surface area (Å²) in [5, 5.41) is 12.4. The number of anilines is 2. The lowest BCUT2D eigenvalue weighted by atomic mass is 9.97. The molecule has 0 radical (unpaired) electrons. The lowest BCUT2D eigenvalue weighted by Crippen LogP contribution is -2.27. The Morgan fingerprint density at radius 3 is 2.64 bits per heavy atom. The maximum atomic E-state index is 12.6. The second-order valence-corrected chi connectivity index (χ2v) is 7.42. The number of amides is 2. The topological polar surface area (TPSA) is 73.8 Å². The van der Waals surface area contributed by atoms with Gasteiger partial charge in [0.15, 0.2) is 0 Å². The van der Waals surface area contributed by atoms with Gasteiger partial charge in [-0.2, -0.15) is 5.10 Å². The van der Waals surface area contributed by atoms with Gasteiger partial charge >= 0.3 is 0 Å². The van der Waals surface area contributed by atoms with Gasteiger partial charge in [-0.15, -0.1) is 0 Å². The summed E-state index contributed by atoms with van der Waals surface area (Å²) in [7, 11) is 0. The molecule has 2 aliphatic rings. The first-order chi connectivity index (χ1) is 13.5. The molecule has 6 heteroatoms. The second-order valence-electron chi connectivity index (χ2n) is 7.42. The fourth-order valence-electron chi connectivity index (χ4n) is 3.58. The molecule has 0 aromatic heterocycles. The number of benzene rings is 2. The number of hydrogen-bond acceptors (Lipinski definition) is 4. The van der Waals surface area contributed by atoms with Crippen molar-refractivity contribution in [2.24, 2.45) is 5.10 Å². The molecule has 2 heterocycles. The van der Waals surface area contributed by atoms with Crippen molar-refractivity contribution in [2.45, 2.75) is 39.2 Å². The summed E-state index contributed by atoms with van der Waals surface area (Å²) in [5.74, 6) is -0.0500. The minimum absolute atomic E-state index is 0.0554. The highest BCUT2D eigenvalue weighted by Crippen LogP contribution is 2.26. The summed E-state index contributed by atoms with van der Waals surface area (Å²) in [4.78, 5) is 24.1. The van der Waals surface area contributed by atoms with Crippen molar-refractivity contribution >= 4 is 28.9 Å². The zero-order valence-electron chi connectivity index (χ0n) is 16.2. The highest BCUT2D eigenvalue weighted by molar-refractivity contribution is 5.95. The minimum Gasteiger partial charge on any atom is -0.346 e. The molecular formula is C22H24N4O2.